The zero-order valence-corrected chi connectivity index (χ0v) is 17.2. The monoisotopic (exact) mass is 397 g/mol. The molecule has 0 aliphatic rings. The molecule has 0 radical (unpaired) electrons. The van der Waals surface area contributed by atoms with Crippen molar-refractivity contribution in [3.63, 3.8) is 0 Å². The first kappa shape index (κ1) is 27.5. The van der Waals surface area contributed by atoms with Gasteiger partial charge in [0.25, 0.3) is 0 Å². The Balaban J connectivity index is -0.000000338. The van der Waals surface area contributed by atoms with Gasteiger partial charge in [-0.05, 0) is 27.2 Å². The highest BCUT2D eigenvalue weighted by molar-refractivity contribution is 5.61. The number of carboxylic acid groups (broad SMARTS) is 1. The lowest BCUT2D eigenvalue weighted by Gasteiger charge is -2.34. The molecule has 0 fully saturated rings. The smallest absolute Gasteiger partial charge is 0.134 e. The Morgan fingerprint density at radius 2 is 1.43 bits per heavy atom. The average Bonchev–Trinajstić information content (AvgIpc) is 2.52. The Bertz CT molecular complexity index is 242. The first-order chi connectivity index (χ1) is 10.5. The van der Waals surface area contributed by atoms with E-state index in [-0.39, 0.29) is 17.0 Å². The highest BCUT2D eigenvalue weighted by atomic mass is 79.9. The maximum absolute atomic E-state index is 9.91. The second-order valence-electron chi connectivity index (χ2n) is 5.72. The summed E-state index contributed by atoms with van der Waals surface area (Å²) in [4.78, 5) is 9.91. The molecule has 0 spiro atoms. The number of rotatable bonds is 12. The summed E-state index contributed by atoms with van der Waals surface area (Å²) in [6.45, 7) is 13.9. The van der Waals surface area contributed by atoms with Crippen molar-refractivity contribution in [3.05, 3.63) is 0 Å². The first-order valence-corrected chi connectivity index (χ1v) is 8.92. The van der Waals surface area contributed by atoms with Gasteiger partial charge in [0.15, 0.2) is 0 Å². The number of hydrogen-bond acceptors (Lipinski definition) is 3. The number of aliphatic hydroxyl groups excluding tert-OH is 1. The molecular formula is C17H38BrN2O3-. The summed E-state index contributed by atoms with van der Waals surface area (Å²) in [6.07, 6.45) is 5.89. The van der Waals surface area contributed by atoms with Gasteiger partial charge in [0, 0.05) is 6.54 Å². The van der Waals surface area contributed by atoms with Gasteiger partial charge in [-0.2, -0.15) is 0 Å². The fourth-order valence-electron chi connectivity index (χ4n) is 2.45. The molecule has 0 bridgehead atoms. The van der Waals surface area contributed by atoms with Crippen molar-refractivity contribution in [2.45, 2.75) is 66.2 Å². The predicted octanol–water partition coefficient (Wildman–Crippen LogP) is -0.861. The van der Waals surface area contributed by atoms with Gasteiger partial charge in [0.1, 0.15) is 12.6 Å². The van der Waals surface area contributed by atoms with Crippen LogP contribution in [0.15, 0.2) is 0 Å². The van der Waals surface area contributed by atoms with E-state index in [0.29, 0.717) is 13.2 Å². The van der Waals surface area contributed by atoms with Gasteiger partial charge < -0.3 is 41.8 Å². The van der Waals surface area contributed by atoms with Crippen LogP contribution in [0.25, 0.3) is 0 Å². The molecule has 6 heteroatoms. The summed E-state index contributed by atoms with van der Waals surface area (Å²) in [6, 6.07) is 0. The third kappa shape index (κ3) is 17.9. The SMILES string of the molecule is CCCCCCCCNC(=O)[O-].CC[N+](CC)(CC)CCO.[Br-]. The molecule has 0 atom stereocenters. The number of amides is 1. The lowest BCUT2D eigenvalue weighted by Crippen LogP contribution is -3.00. The van der Waals surface area contributed by atoms with E-state index >= 15 is 0 Å². The van der Waals surface area contributed by atoms with Gasteiger partial charge in [0.05, 0.1) is 26.2 Å². The molecule has 0 aromatic carbocycles. The number of carbonyl (C=O) groups excluding carboxylic acids is 1. The number of quaternary nitrogens is 1. The summed E-state index contributed by atoms with van der Waals surface area (Å²) in [5.74, 6) is 0. The highest BCUT2D eigenvalue weighted by Gasteiger charge is 2.18. The molecule has 142 valence electrons. The molecule has 0 aromatic heterocycles. The molecule has 0 saturated carbocycles. The zero-order chi connectivity index (χ0) is 17.3. The van der Waals surface area contributed by atoms with Crippen molar-refractivity contribution in [1.29, 1.82) is 0 Å². The van der Waals surface area contributed by atoms with Gasteiger partial charge in [0.2, 0.25) is 0 Å². The zero-order valence-electron chi connectivity index (χ0n) is 15.6. The molecule has 1 amide bonds. The number of hydrogen-bond donors (Lipinski definition) is 2. The normalized spacial score (nSPS) is 10.3. The van der Waals surface area contributed by atoms with Crippen LogP contribution in [0.5, 0.6) is 0 Å². The maximum Gasteiger partial charge on any atom is 0.134 e. The molecule has 0 aliphatic carbocycles. The number of likely N-dealkylation sites (N-methyl/N-ethyl adjacent to an activating group) is 1. The molecule has 0 unspecified atom stereocenters. The van der Waals surface area contributed by atoms with Crippen molar-refractivity contribution >= 4 is 6.09 Å². The van der Waals surface area contributed by atoms with Crippen LogP contribution < -0.4 is 27.4 Å². The molecule has 23 heavy (non-hydrogen) atoms. The Morgan fingerprint density at radius 3 is 1.78 bits per heavy atom. The van der Waals surface area contributed by atoms with E-state index in [1.165, 1.54) is 25.7 Å². The molecule has 0 saturated heterocycles. The van der Waals surface area contributed by atoms with Crippen molar-refractivity contribution < 1.29 is 36.5 Å². The molecular weight excluding hydrogens is 360 g/mol. The van der Waals surface area contributed by atoms with Crippen molar-refractivity contribution in [1.82, 2.24) is 5.32 Å². The lowest BCUT2D eigenvalue weighted by atomic mass is 10.1. The van der Waals surface area contributed by atoms with Gasteiger partial charge in [-0.25, -0.2) is 0 Å². The summed E-state index contributed by atoms with van der Waals surface area (Å²) in [5, 5.41) is 20.9. The van der Waals surface area contributed by atoms with E-state index in [4.69, 9.17) is 5.11 Å². The molecule has 0 aromatic rings. The average molecular weight is 398 g/mol. The molecule has 5 nitrogen and oxygen atoms in total. The molecule has 0 aliphatic heterocycles. The predicted molar refractivity (Wildman–Crippen MR) is 90.6 cm³/mol. The second kappa shape index (κ2) is 19.7. The molecule has 0 rings (SSSR count). The fraction of sp³-hybridized carbons (Fsp3) is 0.941. The standard InChI is InChI=1S/C9H19NO2.C8H20NO.BrH/c1-2-3-4-5-6-7-8-10-9(11)12;1-4-9(5-2,6-3)7-8-10;/h10H,2-8H2,1H3,(H,11,12);10H,4-8H2,1-3H3;1H/q;+1;/p-2. The van der Waals surface area contributed by atoms with Gasteiger partial charge in [-0.15, -0.1) is 0 Å². The van der Waals surface area contributed by atoms with Crippen LogP contribution in [0.3, 0.4) is 0 Å². The van der Waals surface area contributed by atoms with Crippen LogP contribution in [0, 0.1) is 0 Å². The summed E-state index contributed by atoms with van der Waals surface area (Å²) in [5.41, 5.74) is 0. The molecule has 0 heterocycles. The Hall–Kier alpha value is -0.330. The third-order valence-corrected chi connectivity index (χ3v) is 4.39. The minimum Gasteiger partial charge on any atom is -1.00 e. The Kier molecular flexibility index (Phi) is 23.6. The number of aliphatic hydroxyl groups is 1. The summed E-state index contributed by atoms with van der Waals surface area (Å²) >= 11 is 0. The highest BCUT2D eigenvalue weighted by Crippen LogP contribution is 2.04. The van der Waals surface area contributed by atoms with E-state index in [1.54, 1.807) is 0 Å². The summed E-state index contributed by atoms with van der Waals surface area (Å²) in [7, 11) is 0. The van der Waals surface area contributed by atoms with Crippen molar-refractivity contribution in [3.8, 4) is 0 Å². The van der Waals surface area contributed by atoms with Gasteiger partial charge >= 0.3 is 0 Å². The fourth-order valence-corrected chi connectivity index (χ4v) is 2.45. The number of unbranched alkanes of at least 4 members (excludes halogenated alkanes) is 5. The van der Waals surface area contributed by atoms with Crippen LogP contribution in [0.4, 0.5) is 4.79 Å². The second-order valence-corrected chi connectivity index (χ2v) is 5.72. The first-order valence-electron chi connectivity index (χ1n) is 8.92. The van der Waals surface area contributed by atoms with Crippen LogP contribution in [-0.4, -0.2) is 55.0 Å². The van der Waals surface area contributed by atoms with Crippen molar-refractivity contribution in [2.75, 3.05) is 39.3 Å². The Morgan fingerprint density at radius 1 is 0.957 bits per heavy atom. The number of nitrogens with one attached hydrogen (secondary N) is 1. The molecule has 2 N–H and O–H groups in total. The Labute approximate surface area is 153 Å². The van der Waals surface area contributed by atoms with Gasteiger partial charge in [-0.3, -0.25) is 0 Å². The minimum absolute atomic E-state index is 0. The summed E-state index contributed by atoms with van der Waals surface area (Å²) < 4.78 is 1.05. The minimum atomic E-state index is -1.16. The third-order valence-electron chi connectivity index (χ3n) is 4.39. The quantitative estimate of drug-likeness (QED) is 0.332. The maximum atomic E-state index is 9.91. The van der Waals surface area contributed by atoms with E-state index in [1.807, 2.05) is 0 Å². The van der Waals surface area contributed by atoms with E-state index in [2.05, 4.69) is 33.0 Å². The van der Waals surface area contributed by atoms with Crippen LogP contribution >= 0.6 is 0 Å². The van der Waals surface area contributed by atoms with Crippen molar-refractivity contribution in [2.24, 2.45) is 0 Å². The lowest BCUT2D eigenvalue weighted by molar-refractivity contribution is -0.923. The van der Waals surface area contributed by atoms with E-state index in [9.17, 15) is 9.90 Å². The van der Waals surface area contributed by atoms with Gasteiger partial charge in [-0.1, -0.05) is 39.0 Å². The van der Waals surface area contributed by atoms with Crippen LogP contribution in [0.2, 0.25) is 0 Å². The van der Waals surface area contributed by atoms with E-state index in [0.717, 1.165) is 43.5 Å². The topological polar surface area (TPSA) is 72.4 Å². The number of carbonyl (C=O) groups is 1. The number of halogens is 1. The van der Waals surface area contributed by atoms with E-state index < -0.39 is 6.09 Å². The largest absolute Gasteiger partial charge is 1.00 e. The van der Waals surface area contributed by atoms with Crippen LogP contribution in [0.1, 0.15) is 66.2 Å². The number of nitrogens with zero attached hydrogens (tertiary/aromatic N) is 1. The van der Waals surface area contributed by atoms with Crippen LogP contribution in [-0.2, 0) is 0 Å².